The fraction of sp³-hybridized carbons (Fsp3) is 0.125. The van der Waals surface area contributed by atoms with Crippen molar-refractivity contribution < 1.29 is 9.59 Å². The quantitative estimate of drug-likeness (QED) is 0.335. The van der Waals surface area contributed by atoms with Crippen LogP contribution in [0.1, 0.15) is 26.3 Å². The molecule has 6 rings (SSSR count). The van der Waals surface area contributed by atoms with Gasteiger partial charge in [-0.2, -0.15) is 5.26 Å². The Bertz CT molecular complexity index is 1690. The Morgan fingerprint density at radius 1 is 0.667 bits per heavy atom. The highest BCUT2D eigenvalue weighted by molar-refractivity contribution is 5.96. The summed E-state index contributed by atoms with van der Waals surface area (Å²) < 4.78 is 2.03. The van der Waals surface area contributed by atoms with Gasteiger partial charge in [-0.05, 0) is 59.7 Å². The molecule has 2 amide bonds. The van der Waals surface area contributed by atoms with Crippen LogP contribution in [0, 0.1) is 11.3 Å². The SMILES string of the molecule is N#Cc1ccc(-c2cnc3ccc(-c4ccc(C(=O)N5CCN(C(=O)c6ccccc6)CC5)cc4)cn23)cc1. The molecule has 0 N–H and O–H groups in total. The molecule has 0 atom stereocenters. The number of hydrogen-bond donors (Lipinski definition) is 0. The molecule has 2 aromatic heterocycles. The molecule has 39 heavy (non-hydrogen) atoms. The van der Waals surface area contributed by atoms with Crippen LogP contribution in [0.2, 0.25) is 0 Å². The van der Waals surface area contributed by atoms with Gasteiger partial charge in [-0.1, -0.05) is 42.5 Å². The molecule has 0 bridgehead atoms. The van der Waals surface area contributed by atoms with Gasteiger partial charge in [-0.3, -0.25) is 14.0 Å². The molecule has 0 aliphatic carbocycles. The van der Waals surface area contributed by atoms with E-state index in [1.54, 1.807) is 17.0 Å². The largest absolute Gasteiger partial charge is 0.335 e. The Morgan fingerprint density at radius 2 is 1.23 bits per heavy atom. The number of piperazine rings is 1. The number of nitriles is 1. The average molecular weight is 512 g/mol. The Kier molecular flexibility index (Phi) is 6.36. The lowest BCUT2D eigenvalue weighted by atomic mass is 10.0. The molecule has 1 aliphatic heterocycles. The van der Waals surface area contributed by atoms with Gasteiger partial charge in [0.05, 0.1) is 23.5 Å². The lowest BCUT2D eigenvalue weighted by Crippen LogP contribution is -2.50. The summed E-state index contributed by atoms with van der Waals surface area (Å²) >= 11 is 0. The molecule has 0 radical (unpaired) electrons. The van der Waals surface area contributed by atoms with Crippen LogP contribution in [0.25, 0.3) is 28.0 Å². The van der Waals surface area contributed by atoms with Crippen LogP contribution in [0.5, 0.6) is 0 Å². The van der Waals surface area contributed by atoms with Gasteiger partial charge >= 0.3 is 0 Å². The summed E-state index contributed by atoms with van der Waals surface area (Å²) in [6.45, 7) is 2.05. The van der Waals surface area contributed by atoms with Crippen LogP contribution in [0.3, 0.4) is 0 Å². The zero-order valence-corrected chi connectivity index (χ0v) is 21.2. The number of amides is 2. The maximum absolute atomic E-state index is 13.2. The van der Waals surface area contributed by atoms with Crippen LogP contribution in [0.4, 0.5) is 0 Å². The van der Waals surface area contributed by atoms with Crippen LogP contribution in [-0.4, -0.2) is 57.2 Å². The summed E-state index contributed by atoms with van der Waals surface area (Å²) in [4.78, 5) is 34.0. The number of fused-ring (bicyclic) bond motifs is 1. The molecular weight excluding hydrogens is 486 g/mol. The van der Waals surface area contributed by atoms with Crippen LogP contribution in [-0.2, 0) is 0 Å². The Hall–Kier alpha value is -5.22. The summed E-state index contributed by atoms with van der Waals surface area (Å²) in [6.07, 6.45) is 3.87. The standard InChI is InChI=1S/C32H25N5O2/c33-20-23-6-8-25(9-7-23)29-21-34-30-15-14-28(22-37(29)30)24-10-12-27(13-11-24)32(39)36-18-16-35(17-19-36)31(38)26-4-2-1-3-5-26/h1-15,21-22H,16-19H2. The lowest BCUT2D eigenvalue weighted by Gasteiger charge is -2.35. The zero-order chi connectivity index (χ0) is 26.8. The topological polar surface area (TPSA) is 81.7 Å². The molecule has 7 heteroatoms. The Morgan fingerprint density at radius 3 is 1.85 bits per heavy atom. The van der Waals surface area contributed by atoms with E-state index in [1.165, 1.54) is 0 Å². The van der Waals surface area contributed by atoms with Crippen molar-refractivity contribution in [3.05, 3.63) is 120 Å². The third-order valence-corrected chi connectivity index (χ3v) is 7.16. The van der Waals surface area contributed by atoms with Gasteiger partial charge in [0.2, 0.25) is 0 Å². The van der Waals surface area contributed by atoms with Gasteiger partial charge in [0.25, 0.3) is 11.8 Å². The number of aromatic nitrogens is 2. The Balaban J connectivity index is 1.16. The highest BCUT2D eigenvalue weighted by Crippen LogP contribution is 2.26. The fourth-order valence-corrected chi connectivity index (χ4v) is 4.94. The van der Waals surface area contributed by atoms with E-state index in [0.717, 1.165) is 28.0 Å². The first-order chi connectivity index (χ1) is 19.1. The Labute approximate surface area is 226 Å². The zero-order valence-electron chi connectivity index (χ0n) is 21.2. The molecule has 1 saturated heterocycles. The molecule has 190 valence electrons. The van der Waals surface area contributed by atoms with E-state index >= 15 is 0 Å². The molecule has 0 unspecified atom stereocenters. The van der Waals surface area contributed by atoms with Crippen molar-refractivity contribution >= 4 is 17.5 Å². The number of hydrogen-bond acceptors (Lipinski definition) is 4. The van der Waals surface area contributed by atoms with Gasteiger partial charge in [-0.15, -0.1) is 0 Å². The first kappa shape index (κ1) is 24.1. The second kappa shape index (κ2) is 10.3. The van der Waals surface area contributed by atoms with Gasteiger partial charge in [0.1, 0.15) is 5.65 Å². The van der Waals surface area contributed by atoms with Crippen LogP contribution >= 0.6 is 0 Å². The third-order valence-electron chi connectivity index (χ3n) is 7.16. The highest BCUT2D eigenvalue weighted by Gasteiger charge is 2.25. The monoisotopic (exact) mass is 511 g/mol. The molecule has 5 aromatic rings. The van der Waals surface area contributed by atoms with E-state index in [0.29, 0.717) is 42.9 Å². The first-order valence-electron chi connectivity index (χ1n) is 12.8. The van der Waals surface area contributed by atoms with Gasteiger partial charge < -0.3 is 9.80 Å². The molecular formula is C32H25N5O2. The van der Waals surface area contributed by atoms with Gasteiger partial charge in [0.15, 0.2) is 0 Å². The normalized spacial score (nSPS) is 13.3. The van der Waals surface area contributed by atoms with Crippen molar-refractivity contribution in [2.75, 3.05) is 26.2 Å². The van der Waals surface area contributed by atoms with Crippen LogP contribution < -0.4 is 0 Å². The summed E-state index contributed by atoms with van der Waals surface area (Å²) in [5.74, 6) is -0.0224. The molecule has 0 spiro atoms. The van der Waals surface area contributed by atoms with Gasteiger partial charge in [-0.25, -0.2) is 4.98 Å². The van der Waals surface area contributed by atoms with Crippen molar-refractivity contribution in [2.45, 2.75) is 0 Å². The summed E-state index contributed by atoms with van der Waals surface area (Å²) in [5.41, 5.74) is 6.65. The summed E-state index contributed by atoms with van der Waals surface area (Å²) in [6, 6.07) is 30.5. The second-order valence-corrected chi connectivity index (χ2v) is 9.51. The van der Waals surface area contributed by atoms with E-state index < -0.39 is 0 Å². The maximum atomic E-state index is 13.2. The fourth-order valence-electron chi connectivity index (χ4n) is 4.94. The number of pyridine rings is 1. The maximum Gasteiger partial charge on any atom is 0.253 e. The smallest absolute Gasteiger partial charge is 0.253 e. The van der Waals surface area contributed by atoms with E-state index in [4.69, 9.17) is 5.26 Å². The highest BCUT2D eigenvalue weighted by atomic mass is 16.2. The molecule has 3 heterocycles. The van der Waals surface area contributed by atoms with E-state index in [2.05, 4.69) is 11.1 Å². The second-order valence-electron chi connectivity index (χ2n) is 9.51. The van der Waals surface area contributed by atoms with Crippen molar-refractivity contribution in [1.29, 1.82) is 5.26 Å². The van der Waals surface area contributed by atoms with Crippen molar-refractivity contribution in [3.8, 4) is 28.5 Å². The van der Waals surface area contributed by atoms with Crippen molar-refractivity contribution in [2.24, 2.45) is 0 Å². The third kappa shape index (κ3) is 4.76. The number of benzene rings is 3. The summed E-state index contributed by atoms with van der Waals surface area (Å²) in [7, 11) is 0. The lowest BCUT2D eigenvalue weighted by molar-refractivity contribution is 0.0535. The number of carbonyl (C=O) groups excluding carboxylic acids is 2. The predicted molar refractivity (Wildman–Crippen MR) is 149 cm³/mol. The minimum Gasteiger partial charge on any atom is -0.335 e. The van der Waals surface area contributed by atoms with E-state index in [9.17, 15) is 9.59 Å². The predicted octanol–water partition coefficient (Wildman–Crippen LogP) is 5.14. The number of carbonyl (C=O) groups is 2. The average Bonchev–Trinajstić information content (AvgIpc) is 3.44. The minimum atomic E-state index is -0.0264. The van der Waals surface area contributed by atoms with E-state index in [1.807, 2.05) is 101 Å². The number of nitrogens with zero attached hydrogens (tertiary/aromatic N) is 5. The molecule has 7 nitrogen and oxygen atoms in total. The van der Waals surface area contributed by atoms with Crippen LogP contribution in [0.15, 0.2) is 103 Å². The van der Waals surface area contributed by atoms with Crippen molar-refractivity contribution in [1.82, 2.24) is 19.2 Å². The number of rotatable bonds is 4. The van der Waals surface area contributed by atoms with E-state index in [-0.39, 0.29) is 11.8 Å². The van der Waals surface area contributed by atoms with Crippen molar-refractivity contribution in [3.63, 3.8) is 0 Å². The first-order valence-corrected chi connectivity index (χ1v) is 12.8. The number of imidazole rings is 1. The minimum absolute atomic E-state index is 0.00394. The molecule has 1 aliphatic rings. The summed E-state index contributed by atoms with van der Waals surface area (Å²) in [5, 5.41) is 9.09. The molecule has 0 saturated carbocycles. The van der Waals surface area contributed by atoms with Gasteiger partial charge in [0, 0.05) is 49.1 Å². The molecule has 1 fully saturated rings. The molecule has 3 aromatic carbocycles.